The van der Waals surface area contributed by atoms with Gasteiger partial charge in [-0.2, -0.15) is 0 Å². The van der Waals surface area contributed by atoms with Gasteiger partial charge in [-0.3, -0.25) is 9.97 Å². The van der Waals surface area contributed by atoms with E-state index in [1.165, 1.54) is 19.4 Å². The van der Waals surface area contributed by atoms with Crippen molar-refractivity contribution in [3.63, 3.8) is 0 Å². The van der Waals surface area contributed by atoms with Gasteiger partial charge in [-0.15, -0.1) is 0 Å². The molecule has 88 valence electrons. The molecule has 2 heterocycles. The topological polar surface area (TPSA) is 35.0 Å². The molecule has 2 rings (SSSR count). The van der Waals surface area contributed by atoms with Gasteiger partial charge in [-0.05, 0) is 18.2 Å². The first-order chi connectivity index (χ1) is 8.20. The van der Waals surface area contributed by atoms with Crippen LogP contribution in [0.5, 0.6) is 5.75 Å². The van der Waals surface area contributed by atoms with Crippen LogP contribution in [0.2, 0.25) is 0 Å². The molecule has 0 bridgehead atoms. The Morgan fingerprint density at radius 2 is 1.88 bits per heavy atom. The van der Waals surface area contributed by atoms with Gasteiger partial charge in [0.1, 0.15) is 11.4 Å². The van der Waals surface area contributed by atoms with E-state index in [-0.39, 0.29) is 5.69 Å². The second-order valence-electron chi connectivity index (χ2n) is 3.35. The van der Waals surface area contributed by atoms with Gasteiger partial charge in [0.15, 0.2) is 0 Å². The summed E-state index contributed by atoms with van der Waals surface area (Å²) in [6, 6.07) is 6.34. The van der Waals surface area contributed by atoms with Crippen LogP contribution in [0.3, 0.4) is 0 Å². The van der Waals surface area contributed by atoms with Gasteiger partial charge >= 0.3 is 0 Å². The molecule has 0 fully saturated rings. The fourth-order valence-electron chi connectivity index (χ4n) is 1.42. The molecule has 0 unspecified atom stereocenters. The number of rotatable bonds is 3. The highest BCUT2D eigenvalue weighted by Crippen LogP contribution is 2.24. The minimum absolute atomic E-state index is 0.257. The Labute approximate surface area is 97.1 Å². The van der Waals surface area contributed by atoms with Crippen LogP contribution in [0.15, 0.2) is 36.7 Å². The van der Waals surface area contributed by atoms with Crippen molar-refractivity contribution in [3.8, 4) is 17.0 Å². The molecule has 0 saturated carbocycles. The summed E-state index contributed by atoms with van der Waals surface area (Å²) >= 11 is 0. The van der Waals surface area contributed by atoms with Gasteiger partial charge in [-0.1, -0.05) is 0 Å². The summed E-state index contributed by atoms with van der Waals surface area (Å²) in [5, 5.41) is 0. The highest BCUT2D eigenvalue weighted by molar-refractivity contribution is 5.60. The largest absolute Gasteiger partial charge is 0.497 e. The van der Waals surface area contributed by atoms with Gasteiger partial charge in [0.2, 0.25) is 0 Å². The van der Waals surface area contributed by atoms with Crippen LogP contribution in [0.25, 0.3) is 11.3 Å². The molecule has 0 N–H and O–H groups in total. The molecule has 0 amide bonds. The summed E-state index contributed by atoms with van der Waals surface area (Å²) in [6.07, 6.45) is 0.329. The Balaban J connectivity index is 2.41. The number of halogens is 2. The Hall–Kier alpha value is -2.04. The van der Waals surface area contributed by atoms with Crippen LogP contribution >= 0.6 is 0 Å². The fourth-order valence-corrected chi connectivity index (χ4v) is 1.42. The molecule has 0 aliphatic carbocycles. The lowest BCUT2D eigenvalue weighted by atomic mass is 10.1. The van der Waals surface area contributed by atoms with E-state index in [0.29, 0.717) is 17.0 Å². The van der Waals surface area contributed by atoms with Gasteiger partial charge in [0.25, 0.3) is 6.43 Å². The third kappa shape index (κ3) is 2.55. The summed E-state index contributed by atoms with van der Waals surface area (Å²) < 4.78 is 30.1. The lowest BCUT2D eigenvalue weighted by molar-refractivity contribution is 0.146. The zero-order valence-electron chi connectivity index (χ0n) is 9.10. The second-order valence-corrected chi connectivity index (χ2v) is 3.35. The molecule has 2 aromatic heterocycles. The Morgan fingerprint density at radius 1 is 1.12 bits per heavy atom. The standard InChI is InChI=1S/C12H10F2N2O/c1-17-9-3-5-15-10(7-9)8-2-4-16-11(6-8)12(13)14/h2-7,12H,1H3. The molecule has 0 atom stereocenters. The van der Waals surface area contributed by atoms with Crippen molar-refractivity contribution < 1.29 is 13.5 Å². The lowest BCUT2D eigenvalue weighted by Gasteiger charge is -2.05. The van der Waals surface area contributed by atoms with Gasteiger partial charge in [-0.25, -0.2) is 8.78 Å². The predicted octanol–water partition coefficient (Wildman–Crippen LogP) is 3.09. The number of hydrogen-bond donors (Lipinski definition) is 0. The van der Waals surface area contributed by atoms with Gasteiger partial charge in [0.05, 0.1) is 12.8 Å². The molecule has 0 radical (unpaired) electrons. The fraction of sp³-hybridized carbons (Fsp3) is 0.167. The number of hydrogen-bond acceptors (Lipinski definition) is 3. The number of pyridine rings is 2. The first-order valence-corrected chi connectivity index (χ1v) is 4.95. The van der Waals surface area contributed by atoms with Crippen molar-refractivity contribution in [2.45, 2.75) is 6.43 Å². The summed E-state index contributed by atoms with van der Waals surface area (Å²) in [7, 11) is 1.54. The number of nitrogens with zero attached hydrogens (tertiary/aromatic N) is 2. The molecular formula is C12H10F2N2O. The highest BCUT2D eigenvalue weighted by atomic mass is 19.3. The summed E-state index contributed by atoms with van der Waals surface area (Å²) in [6.45, 7) is 0. The van der Waals surface area contributed by atoms with E-state index in [9.17, 15) is 8.78 Å². The van der Waals surface area contributed by atoms with Crippen LogP contribution < -0.4 is 4.74 Å². The van der Waals surface area contributed by atoms with Crippen molar-refractivity contribution in [1.82, 2.24) is 9.97 Å². The molecule has 5 heteroatoms. The summed E-state index contributed by atoms with van der Waals surface area (Å²) in [5.74, 6) is 0.630. The van der Waals surface area contributed by atoms with Crippen LogP contribution in [0.4, 0.5) is 8.78 Å². The normalized spacial score (nSPS) is 10.6. The van der Waals surface area contributed by atoms with Crippen LogP contribution in [-0.4, -0.2) is 17.1 Å². The minimum Gasteiger partial charge on any atom is -0.497 e. The average molecular weight is 236 g/mol. The van der Waals surface area contributed by atoms with Crippen LogP contribution in [0.1, 0.15) is 12.1 Å². The number of aromatic nitrogens is 2. The monoisotopic (exact) mass is 236 g/mol. The van der Waals surface area contributed by atoms with E-state index in [0.717, 1.165) is 0 Å². The Kier molecular flexibility index (Phi) is 3.27. The Morgan fingerprint density at radius 3 is 2.59 bits per heavy atom. The molecule has 17 heavy (non-hydrogen) atoms. The maximum Gasteiger partial charge on any atom is 0.280 e. The van der Waals surface area contributed by atoms with E-state index in [4.69, 9.17) is 4.74 Å². The number of ether oxygens (including phenoxy) is 1. The quantitative estimate of drug-likeness (QED) is 0.821. The van der Waals surface area contributed by atoms with Crippen LogP contribution in [-0.2, 0) is 0 Å². The summed E-state index contributed by atoms with van der Waals surface area (Å²) in [5.41, 5.74) is 0.912. The van der Waals surface area contributed by atoms with E-state index in [1.807, 2.05) is 0 Å². The Bertz CT molecular complexity index is 517. The smallest absolute Gasteiger partial charge is 0.280 e. The molecule has 0 aromatic carbocycles. The zero-order chi connectivity index (χ0) is 12.3. The van der Waals surface area contributed by atoms with Crippen molar-refractivity contribution >= 4 is 0 Å². The molecular weight excluding hydrogens is 226 g/mol. The molecule has 3 nitrogen and oxygen atoms in total. The van der Waals surface area contributed by atoms with E-state index >= 15 is 0 Å². The third-order valence-corrected chi connectivity index (χ3v) is 2.27. The van der Waals surface area contributed by atoms with E-state index in [1.54, 1.807) is 24.4 Å². The maximum absolute atomic E-state index is 12.5. The molecule has 0 spiro atoms. The molecule has 2 aromatic rings. The molecule has 0 aliphatic heterocycles. The highest BCUT2D eigenvalue weighted by Gasteiger charge is 2.10. The van der Waals surface area contributed by atoms with Crippen molar-refractivity contribution in [2.24, 2.45) is 0 Å². The van der Waals surface area contributed by atoms with Gasteiger partial charge < -0.3 is 4.74 Å². The maximum atomic E-state index is 12.5. The average Bonchev–Trinajstić information content (AvgIpc) is 2.39. The number of alkyl halides is 2. The van der Waals surface area contributed by atoms with Crippen LogP contribution in [0, 0.1) is 0 Å². The number of methoxy groups -OCH3 is 1. The first kappa shape index (κ1) is 11.4. The van der Waals surface area contributed by atoms with Crippen molar-refractivity contribution in [1.29, 1.82) is 0 Å². The second kappa shape index (κ2) is 4.86. The predicted molar refractivity (Wildman–Crippen MR) is 59.0 cm³/mol. The third-order valence-electron chi connectivity index (χ3n) is 2.27. The minimum atomic E-state index is -2.58. The van der Waals surface area contributed by atoms with Crippen molar-refractivity contribution in [3.05, 3.63) is 42.4 Å². The van der Waals surface area contributed by atoms with Crippen molar-refractivity contribution in [2.75, 3.05) is 7.11 Å². The summed E-state index contributed by atoms with van der Waals surface area (Å²) in [4.78, 5) is 7.70. The van der Waals surface area contributed by atoms with E-state index < -0.39 is 6.43 Å². The lowest BCUT2D eigenvalue weighted by Crippen LogP contribution is -1.92. The van der Waals surface area contributed by atoms with E-state index in [2.05, 4.69) is 9.97 Å². The first-order valence-electron chi connectivity index (χ1n) is 4.95. The van der Waals surface area contributed by atoms with Gasteiger partial charge in [0, 0.05) is 24.0 Å². The molecule has 0 aliphatic rings. The zero-order valence-corrected chi connectivity index (χ0v) is 9.10. The molecule has 0 saturated heterocycles. The SMILES string of the molecule is COc1ccnc(-c2ccnc(C(F)F)c2)c1.